The number of aryl methyl sites for hydroxylation is 1. The van der Waals surface area contributed by atoms with Gasteiger partial charge in [0.2, 0.25) is 11.6 Å². The first-order valence-electron chi connectivity index (χ1n) is 8.79. The van der Waals surface area contributed by atoms with Crippen molar-refractivity contribution in [2.24, 2.45) is 5.92 Å². The summed E-state index contributed by atoms with van der Waals surface area (Å²) in [7, 11) is 0. The minimum Gasteiger partial charge on any atom is -0.507 e. The summed E-state index contributed by atoms with van der Waals surface area (Å²) in [6, 6.07) is 5.05. The zero-order valence-corrected chi connectivity index (χ0v) is 14.9. The molecule has 0 heterocycles. The van der Waals surface area contributed by atoms with Crippen molar-refractivity contribution in [2.75, 3.05) is 0 Å². The van der Waals surface area contributed by atoms with Crippen LogP contribution >= 0.6 is 0 Å². The van der Waals surface area contributed by atoms with Crippen molar-refractivity contribution in [3.8, 4) is 0 Å². The molecule has 0 amide bonds. The number of aliphatic hydroxyl groups excluding tert-OH is 1. The lowest BCUT2D eigenvalue weighted by Crippen LogP contribution is -2.26. The SMILES string of the molecule is Cc1cccc2c1C(=O)C(=O)C(C[C@@H](C)CCCCCC(F)(F)F)=C2O. The quantitative estimate of drug-likeness (QED) is 0.506. The summed E-state index contributed by atoms with van der Waals surface area (Å²) < 4.78 is 36.4. The van der Waals surface area contributed by atoms with E-state index in [1.54, 1.807) is 25.1 Å². The van der Waals surface area contributed by atoms with Gasteiger partial charge in [-0.25, -0.2) is 0 Å². The third-order valence-corrected chi connectivity index (χ3v) is 4.73. The van der Waals surface area contributed by atoms with E-state index in [0.717, 1.165) is 0 Å². The molecule has 0 saturated carbocycles. The van der Waals surface area contributed by atoms with Gasteiger partial charge in [-0.2, -0.15) is 13.2 Å². The predicted molar refractivity (Wildman–Crippen MR) is 93.0 cm³/mol. The summed E-state index contributed by atoms with van der Waals surface area (Å²) in [6.07, 6.45) is -2.86. The summed E-state index contributed by atoms with van der Waals surface area (Å²) in [5.74, 6) is -1.46. The van der Waals surface area contributed by atoms with E-state index in [0.29, 0.717) is 30.4 Å². The van der Waals surface area contributed by atoms with Crippen molar-refractivity contribution in [3.63, 3.8) is 0 Å². The standard InChI is InChI=1S/C20H23F3O3/c1-12(7-4-3-5-10-20(21,22)23)11-15-17(24)14-9-6-8-13(2)16(14)19(26)18(15)25/h6,8-9,12,24H,3-5,7,10-11H2,1-2H3/t12-/m0/s1. The van der Waals surface area contributed by atoms with Crippen LogP contribution in [0.4, 0.5) is 13.2 Å². The second kappa shape index (κ2) is 8.06. The minimum absolute atomic E-state index is 0.0128. The average molecular weight is 368 g/mol. The predicted octanol–water partition coefficient (Wildman–Crippen LogP) is 5.57. The monoisotopic (exact) mass is 368 g/mol. The van der Waals surface area contributed by atoms with E-state index < -0.39 is 24.2 Å². The Bertz CT molecular complexity index is 732. The number of allylic oxidation sites excluding steroid dienone is 1. The molecule has 0 bridgehead atoms. The number of halogens is 3. The van der Waals surface area contributed by atoms with Gasteiger partial charge in [0.25, 0.3) is 0 Å². The van der Waals surface area contributed by atoms with Crippen LogP contribution in [0.2, 0.25) is 0 Å². The molecule has 1 atom stereocenters. The molecule has 26 heavy (non-hydrogen) atoms. The molecule has 1 aromatic rings. The first-order valence-corrected chi connectivity index (χ1v) is 8.79. The third-order valence-electron chi connectivity index (χ3n) is 4.73. The van der Waals surface area contributed by atoms with Gasteiger partial charge in [0.05, 0.1) is 0 Å². The fourth-order valence-corrected chi connectivity index (χ4v) is 3.32. The van der Waals surface area contributed by atoms with Gasteiger partial charge < -0.3 is 5.11 Å². The largest absolute Gasteiger partial charge is 0.507 e. The topological polar surface area (TPSA) is 54.4 Å². The van der Waals surface area contributed by atoms with E-state index in [2.05, 4.69) is 0 Å². The van der Waals surface area contributed by atoms with Gasteiger partial charge in [-0.1, -0.05) is 44.4 Å². The number of Topliss-reactive ketones (excluding diaryl/α,β-unsaturated/α-hetero) is 2. The van der Waals surface area contributed by atoms with Crippen molar-refractivity contribution in [1.29, 1.82) is 0 Å². The molecule has 1 aliphatic rings. The van der Waals surface area contributed by atoms with Gasteiger partial charge >= 0.3 is 6.18 Å². The zero-order chi connectivity index (χ0) is 19.5. The molecule has 0 aromatic heterocycles. The number of carbonyl (C=O) groups excluding carboxylic acids is 2. The Labute approximate surface area is 150 Å². The number of aliphatic hydroxyl groups is 1. The molecule has 0 radical (unpaired) electrons. The molecular formula is C20H23F3O3. The number of hydrogen-bond acceptors (Lipinski definition) is 3. The lowest BCUT2D eigenvalue weighted by atomic mass is 9.82. The minimum atomic E-state index is -4.12. The molecular weight excluding hydrogens is 345 g/mol. The zero-order valence-electron chi connectivity index (χ0n) is 14.9. The molecule has 1 aliphatic carbocycles. The smallest absolute Gasteiger partial charge is 0.389 e. The van der Waals surface area contributed by atoms with E-state index in [1.807, 2.05) is 6.92 Å². The Hall–Kier alpha value is -2.11. The molecule has 0 saturated heterocycles. The molecule has 0 aliphatic heterocycles. The Balaban J connectivity index is 2.01. The van der Waals surface area contributed by atoms with Crippen LogP contribution in [-0.4, -0.2) is 22.8 Å². The van der Waals surface area contributed by atoms with Crippen molar-refractivity contribution in [3.05, 3.63) is 40.5 Å². The van der Waals surface area contributed by atoms with Gasteiger partial charge in [0.1, 0.15) is 5.76 Å². The highest BCUT2D eigenvalue weighted by molar-refractivity contribution is 6.52. The van der Waals surface area contributed by atoms with E-state index >= 15 is 0 Å². The molecule has 0 fully saturated rings. The summed E-state index contributed by atoms with van der Waals surface area (Å²) >= 11 is 0. The molecule has 2 rings (SSSR count). The number of rotatable bonds is 7. The summed E-state index contributed by atoms with van der Waals surface area (Å²) in [5, 5.41) is 10.5. The third kappa shape index (κ3) is 4.74. The average Bonchev–Trinajstić information content (AvgIpc) is 2.55. The number of alkyl halides is 3. The van der Waals surface area contributed by atoms with Gasteiger partial charge in [-0.3, -0.25) is 9.59 Å². The van der Waals surface area contributed by atoms with Crippen LogP contribution in [0, 0.1) is 12.8 Å². The second-order valence-electron chi connectivity index (χ2n) is 7.01. The van der Waals surface area contributed by atoms with Crippen LogP contribution < -0.4 is 0 Å². The first-order chi connectivity index (χ1) is 12.1. The van der Waals surface area contributed by atoms with E-state index in [9.17, 15) is 27.9 Å². The number of benzene rings is 1. The number of hydrogen-bond donors (Lipinski definition) is 1. The molecule has 1 N–H and O–H groups in total. The molecule has 142 valence electrons. The number of fused-ring (bicyclic) bond motifs is 1. The maximum atomic E-state index is 12.4. The van der Waals surface area contributed by atoms with E-state index in [-0.39, 0.29) is 35.7 Å². The Morgan fingerprint density at radius 3 is 2.42 bits per heavy atom. The number of ketones is 2. The van der Waals surface area contributed by atoms with Crippen LogP contribution in [0.5, 0.6) is 0 Å². The highest BCUT2D eigenvalue weighted by Gasteiger charge is 2.34. The van der Waals surface area contributed by atoms with Gasteiger partial charge in [-0.15, -0.1) is 0 Å². The summed E-state index contributed by atoms with van der Waals surface area (Å²) in [4.78, 5) is 24.7. The maximum absolute atomic E-state index is 12.4. The number of carbonyl (C=O) groups is 2. The molecule has 3 nitrogen and oxygen atoms in total. The van der Waals surface area contributed by atoms with E-state index in [4.69, 9.17) is 0 Å². The lowest BCUT2D eigenvalue weighted by molar-refractivity contribution is -0.135. The van der Waals surface area contributed by atoms with Crippen LogP contribution in [-0.2, 0) is 4.79 Å². The number of unbranched alkanes of at least 4 members (excludes halogenated alkanes) is 2. The van der Waals surface area contributed by atoms with Crippen molar-refractivity contribution >= 4 is 17.3 Å². The highest BCUT2D eigenvalue weighted by atomic mass is 19.4. The highest BCUT2D eigenvalue weighted by Crippen LogP contribution is 2.33. The fraction of sp³-hybridized carbons (Fsp3) is 0.500. The van der Waals surface area contributed by atoms with Crippen LogP contribution in [0.15, 0.2) is 23.8 Å². The van der Waals surface area contributed by atoms with E-state index in [1.165, 1.54) is 0 Å². The van der Waals surface area contributed by atoms with Crippen LogP contribution in [0.25, 0.3) is 5.76 Å². The Morgan fingerprint density at radius 2 is 1.77 bits per heavy atom. The molecule has 0 unspecified atom stereocenters. The normalized spacial score (nSPS) is 16.0. The fourth-order valence-electron chi connectivity index (χ4n) is 3.32. The molecule has 6 heteroatoms. The lowest BCUT2D eigenvalue weighted by Gasteiger charge is -2.21. The second-order valence-corrected chi connectivity index (χ2v) is 7.01. The van der Waals surface area contributed by atoms with Gasteiger partial charge in [0, 0.05) is 23.1 Å². The van der Waals surface area contributed by atoms with Crippen LogP contribution in [0.1, 0.15) is 66.9 Å². The molecule has 0 spiro atoms. The van der Waals surface area contributed by atoms with Crippen LogP contribution in [0.3, 0.4) is 0 Å². The van der Waals surface area contributed by atoms with Gasteiger partial charge in [0.15, 0.2) is 0 Å². The van der Waals surface area contributed by atoms with Gasteiger partial charge in [-0.05, 0) is 31.2 Å². The Kier molecular flexibility index (Phi) is 6.26. The first kappa shape index (κ1) is 20.2. The van der Waals surface area contributed by atoms with Crippen molar-refractivity contribution in [1.82, 2.24) is 0 Å². The van der Waals surface area contributed by atoms with Crippen molar-refractivity contribution < 1.29 is 27.9 Å². The maximum Gasteiger partial charge on any atom is 0.389 e. The Morgan fingerprint density at radius 1 is 1.08 bits per heavy atom. The summed E-state index contributed by atoms with van der Waals surface area (Å²) in [6.45, 7) is 3.58. The van der Waals surface area contributed by atoms with Crippen molar-refractivity contribution in [2.45, 2.75) is 58.5 Å². The molecule has 1 aromatic carbocycles. The summed E-state index contributed by atoms with van der Waals surface area (Å²) in [5.41, 5.74) is 1.38.